The van der Waals surface area contributed by atoms with Crippen molar-refractivity contribution in [2.24, 2.45) is 0 Å². The predicted octanol–water partition coefficient (Wildman–Crippen LogP) is 4.97. The van der Waals surface area contributed by atoms with E-state index in [1.807, 2.05) is 26.2 Å². The zero-order valence-corrected chi connectivity index (χ0v) is 24.3. The molecule has 10 heteroatoms. The van der Waals surface area contributed by atoms with E-state index >= 15 is 0 Å². The van der Waals surface area contributed by atoms with Gasteiger partial charge < -0.3 is 30.1 Å². The van der Waals surface area contributed by atoms with E-state index in [1.165, 1.54) is 27.8 Å². The molecule has 0 aromatic heterocycles. The van der Waals surface area contributed by atoms with Crippen molar-refractivity contribution in [1.29, 1.82) is 0 Å². The number of carbonyl (C=O) groups is 3. The molecule has 0 aliphatic rings. The van der Waals surface area contributed by atoms with E-state index < -0.39 is 36.4 Å². The normalized spacial score (nSPS) is 11.6. The van der Waals surface area contributed by atoms with Gasteiger partial charge in [-0.15, -0.1) is 11.6 Å². The molecule has 0 unspecified atom stereocenters. The van der Waals surface area contributed by atoms with E-state index in [2.05, 4.69) is 77.7 Å². The van der Waals surface area contributed by atoms with Crippen LogP contribution in [0.4, 0.5) is 0 Å². The molecule has 0 atom stereocenters. The fraction of sp³-hybridized carbons (Fsp3) is 0.281. The van der Waals surface area contributed by atoms with Crippen LogP contribution in [-0.2, 0) is 14.4 Å². The quantitative estimate of drug-likeness (QED) is 0.149. The number of nitrogens with zero attached hydrogens (tertiary/aromatic N) is 1. The molecular weight excluding hydrogens is 562 g/mol. The van der Waals surface area contributed by atoms with E-state index in [9.17, 15) is 14.4 Å². The molecule has 3 aromatic rings. The van der Waals surface area contributed by atoms with Gasteiger partial charge in [0.2, 0.25) is 0 Å². The molecule has 0 spiro atoms. The van der Waals surface area contributed by atoms with Gasteiger partial charge in [-0.05, 0) is 60.5 Å². The standard InChI is InChI=1S/C26H28ClNO.C6H8O7/c1-28(2)19-20-29-24-15-13-23(14-16-24)26(22-11-7-4-8-12-22)25(17-18-27)21-9-5-3-6-10-21;7-3(8)1-6(13,5(11)12)2-4(9)10/h3-16H,17-20H2,1-2H3;13H,1-2H2,(H,7,8)(H,9,10)(H,11,12). The van der Waals surface area contributed by atoms with E-state index in [1.54, 1.807) is 0 Å². The van der Waals surface area contributed by atoms with Crippen LogP contribution in [0.25, 0.3) is 11.1 Å². The van der Waals surface area contributed by atoms with Crippen LogP contribution in [0.3, 0.4) is 0 Å². The van der Waals surface area contributed by atoms with E-state index in [0.717, 1.165) is 18.7 Å². The summed E-state index contributed by atoms with van der Waals surface area (Å²) in [5.74, 6) is -3.55. The van der Waals surface area contributed by atoms with Gasteiger partial charge in [-0.3, -0.25) is 9.59 Å². The highest BCUT2D eigenvalue weighted by Gasteiger charge is 2.40. The van der Waals surface area contributed by atoms with Crippen molar-refractivity contribution >= 4 is 40.7 Å². The van der Waals surface area contributed by atoms with Crippen molar-refractivity contribution in [1.82, 2.24) is 4.90 Å². The van der Waals surface area contributed by atoms with Crippen molar-refractivity contribution in [3.8, 4) is 5.75 Å². The minimum absolute atomic E-state index is 0.576. The van der Waals surface area contributed by atoms with Crippen LogP contribution in [0.5, 0.6) is 5.75 Å². The van der Waals surface area contributed by atoms with Crippen LogP contribution in [-0.4, -0.2) is 82.0 Å². The summed E-state index contributed by atoms with van der Waals surface area (Å²) in [6.45, 7) is 1.57. The number of ether oxygens (including phenoxy) is 1. The van der Waals surface area contributed by atoms with Gasteiger partial charge in [-0.2, -0.15) is 0 Å². The molecule has 0 bridgehead atoms. The molecule has 0 radical (unpaired) electrons. The maximum Gasteiger partial charge on any atom is 0.336 e. The Bertz CT molecular complexity index is 1310. The molecule has 42 heavy (non-hydrogen) atoms. The summed E-state index contributed by atoms with van der Waals surface area (Å²) in [6.07, 6.45) is -1.49. The van der Waals surface area contributed by atoms with Crippen LogP contribution in [0.2, 0.25) is 0 Å². The molecule has 0 amide bonds. The van der Waals surface area contributed by atoms with Gasteiger partial charge in [-0.1, -0.05) is 72.8 Å². The summed E-state index contributed by atoms with van der Waals surface area (Å²) < 4.78 is 5.87. The third-order valence-electron chi connectivity index (χ3n) is 6.07. The lowest BCUT2D eigenvalue weighted by molar-refractivity contribution is -0.170. The predicted molar refractivity (Wildman–Crippen MR) is 162 cm³/mol. The van der Waals surface area contributed by atoms with Crippen molar-refractivity contribution in [2.45, 2.75) is 24.9 Å². The summed E-state index contributed by atoms with van der Waals surface area (Å²) in [4.78, 5) is 32.6. The Kier molecular flexibility index (Phi) is 13.7. The first-order valence-electron chi connectivity index (χ1n) is 13.1. The van der Waals surface area contributed by atoms with Gasteiger partial charge in [-0.25, -0.2) is 4.79 Å². The lowest BCUT2D eigenvalue weighted by Gasteiger charge is -2.18. The molecule has 3 aromatic carbocycles. The average molecular weight is 598 g/mol. The fourth-order valence-corrected chi connectivity index (χ4v) is 4.23. The Morgan fingerprint density at radius 2 is 1.24 bits per heavy atom. The first-order chi connectivity index (χ1) is 20.0. The minimum Gasteiger partial charge on any atom is -0.492 e. The lowest BCUT2D eigenvalue weighted by Crippen LogP contribution is -2.42. The fourth-order valence-electron chi connectivity index (χ4n) is 4.05. The number of halogens is 1. The monoisotopic (exact) mass is 597 g/mol. The topological polar surface area (TPSA) is 145 Å². The first kappa shape index (κ1) is 34.0. The molecule has 0 heterocycles. The number of carboxylic acids is 3. The molecule has 3 rings (SSSR count). The van der Waals surface area contributed by atoms with Crippen LogP contribution >= 0.6 is 11.6 Å². The number of carboxylic acid groups (broad SMARTS) is 3. The SMILES string of the molecule is CN(C)CCOc1ccc(C(=C(CCCl)c2ccccc2)c2ccccc2)cc1.O=C(O)CC(O)(CC(=O)O)C(=O)O. The number of aliphatic carboxylic acids is 3. The second kappa shape index (κ2) is 16.9. The van der Waals surface area contributed by atoms with Gasteiger partial charge >= 0.3 is 17.9 Å². The van der Waals surface area contributed by atoms with Gasteiger partial charge in [0.1, 0.15) is 12.4 Å². The second-order valence-corrected chi connectivity index (χ2v) is 10.1. The number of aliphatic hydroxyl groups is 1. The Balaban J connectivity index is 0.000000401. The van der Waals surface area contributed by atoms with Crippen LogP contribution < -0.4 is 4.74 Å². The number of benzene rings is 3. The smallest absolute Gasteiger partial charge is 0.336 e. The molecule has 0 aliphatic heterocycles. The number of hydrogen-bond acceptors (Lipinski definition) is 6. The zero-order valence-electron chi connectivity index (χ0n) is 23.6. The number of alkyl halides is 1. The lowest BCUT2D eigenvalue weighted by atomic mass is 9.88. The number of hydrogen-bond donors (Lipinski definition) is 4. The Labute approximate surface area is 250 Å². The maximum absolute atomic E-state index is 10.3. The third kappa shape index (κ3) is 11.0. The highest BCUT2D eigenvalue weighted by atomic mass is 35.5. The van der Waals surface area contributed by atoms with Crippen molar-refractivity contribution in [2.75, 3.05) is 33.1 Å². The van der Waals surface area contributed by atoms with Gasteiger partial charge in [0.15, 0.2) is 5.60 Å². The number of rotatable bonds is 14. The molecule has 4 N–H and O–H groups in total. The van der Waals surface area contributed by atoms with Crippen LogP contribution in [0.15, 0.2) is 84.9 Å². The average Bonchev–Trinajstić information content (AvgIpc) is 2.94. The van der Waals surface area contributed by atoms with Crippen LogP contribution in [0, 0.1) is 0 Å². The third-order valence-corrected chi connectivity index (χ3v) is 6.26. The Morgan fingerprint density at radius 3 is 1.67 bits per heavy atom. The summed E-state index contributed by atoms with van der Waals surface area (Å²) in [6, 6.07) is 29.4. The highest BCUT2D eigenvalue weighted by Crippen LogP contribution is 2.35. The van der Waals surface area contributed by atoms with Crippen LogP contribution in [0.1, 0.15) is 36.0 Å². The Hall–Kier alpha value is -4.18. The van der Waals surface area contributed by atoms with Crippen molar-refractivity contribution in [3.63, 3.8) is 0 Å². The molecule has 0 saturated carbocycles. The summed E-state index contributed by atoms with van der Waals surface area (Å²) in [5, 5.41) is 33.8. The van der Waals surface area contributed by atoms with Gasteiger partial charge in [0, 0.05) is 12.4 Å². The zero-order chi connectivity index (χ0) is 31.1. The Morgan fingerprint density at radius 1 is 0.762 bits per heavy atom. The highest BCUT2D eigenvalue weighted by molar-refractivity contribution is 6.18. The molecule has 0 saturated heterocycles. The summed E-state index contributed by atoms with van der Waals surface area (Å²) >= 11 is 6.21. The maximum atomic E-state index is 10.3. The summed E-state index contributed by atoms with van der Waals surface area (Å²) in [5.41, 5.74) is 3.30. The van der Waals surface area contributed by atoms with E-state index in [4.69, 9.17) is 36.8 Å². The molecule has 9 nitrogen and oxygen atoms in total. The second-order valence-electron chi connectivity index (χ2n) is 9.68. The molecule has 0 aliphatic carbocycles. The first-order valence-corrected chi connectivity index (χ1v) is 13.7. The van der Waals surface area contributed by atoms with E-state index in [-0.39, 0.29) is 0 Å². The van der Waals surface area contributed by atoms with Crippen molar-refractivity contribution in [3.05, 3.63) is 102 Å². The van der Waals surface area contributed by atoms with Gasteiger partial charge in [0.25, 0.3) is 0 Å². The molecule has 0 fully saturated rings. The summed E-state index contributed by atoms with van der Waals surface area (Å²) in [7, 11) is 4.09. The van der Waals surface area contributed by atoms with E-state index in [0.29, 0.717) is 12.5 Å². The van der Waals surface area contributed by atoms with Crippen molar-refractivity contribution < 1.29 is 39.5 Å². The number of allylic oxidation sites excluding steroid dienone is 1. The molecular formula is C32H36ClNO8. The number of likely N-dealkylation sites (N-methyl/N-ethyl adjacent to an activating group) is 1. The van der Waals surface area contributed by atoms with Gasteiger partial charge in [0.05, 0.1) is 12.8 Å². The molecule has 224 valence electrons. The largest absolute Gasteiger partial charge is 0.492 e. The minimum atomic E-state index is -2.74.